The van der Waals surface area contributed by atoms with Crippen LogP contribution in [0, 0.1) is 0 Å². The zero-order valence-corrected chi connectivity index (χ0v) is 9.19. The molecule has 1 aliphatic rings. The van der Waals surface area contributed by atoms with Gasteiger partial charge in [-0.25, -0.2) is 8.78 Å². The minimum atomic E-state index is -2.54. The van der Waals surface area contributed by atoms with Crippen molar-refractivity contribution >= 4 is 24.8 Å². The molecule has 1 fully saturated rings. The zero-order chi connectivity index (χ0) is 8.32. The molecule has 1 N–H and O–H groups in total. The van der Waals surface area contributed by atoms with E-state index in [9.17, 15) is 8.78 Å². The number of nitrogens with zero attached hydrogens (tertiary/aromatic N) is 1. The Hall–Kier alpha value is 0.360. The molecule has 0 aromatic rings. The molecule has 0 saturated carbocycles. The molecule has 0 amide bonds. The predicted octanol–water partition coefficient (Wildman–Crippen LogP) is 1.39. The van der Waals surface area contributed by atoms with E-state index < -0.39 is 5.92 Å². The Morgan fingerprint density at radius 1 is 1.23 bits per heavy atom. The van der Waals surface area contributed by atoms with Gasteiger partial charge < -0.3 is 5.32 Å². The second-order valence-electron chi connectivity index (χ2n) is 3.10. The van der Waals surface area contributed by atoms with Gasteiger partial charge in [0.1, 0.15) is 0 Å². The lowest BCUT2D eigenvalue weighted by Gasteiger charge is -2.29. The van der Waals surface area contributed by atoms with Crippen molar-refractivity contribution in [1.82, 2.24) is 10.2 Å². The largest absolute Gasteiger partial charge is 0.314 e. The molecule has 0 aromatic carbocycles. The number of nitrogens with one attached hydrogen (secondary N) is 1. The Labute approximate surface area is 89.9 Å². The highest BCUT2D eigenvalue weighted by atomic mass is 35.5. The maximum atomic E-state index is 12.4. The van der Waals surface area contributed by atoms with E-state index in [0.717, 1.165) is 33.1 Å². The average molecular weight is 237 g/mol. The van der Waals surface area contributed by atoms with Gasteiger partial charge in [-0.1, -0.05) is 0 Å². The van der Waals surface area contributed by atoms with Crippen LogP contribution in [0.3, 0.4) is 0 Å². The van der Waals surface area contributed by atoms with Crippen LogP contribution in [0.15, 0.2) is 0 Å². The Morgan fingerprint density at radius 2 is 1.69 bits per heavy atom. The summed E-state index contributed by atoms with van der Waals surface area (Å²) in [4.78, 5) is 1.79. The van der Waals surface area contributed by atoms with Crippen LogP contribution in [0.4, 0.5) is 8.78 Å². The van der Waals surface area contributed by atoms with E-state index in [1.165, 1.54) is 0 Å². The second kappa shape index (κ2) is 6.76. The first-order valence-electron chi connectivity index (χ1n) is 3.89. The van der Waals surface area contributed by atoms with E-state index in [2.05, 4.69) is 5.32 Å². The summed E-state index contributed by atoms with van der Waals surface area (Å²) in [7, 11) is 0. The summed E-state index contributed by atoms with van der Waals surface area (Å²) in [6.07, 6.45) is 0. The molecule has 13 heavy (non-hydrogen) atoms. The molecular weight excluding hydrogens is 221 g/mol. The fourth-order valence-electron chi connectivity index (χ4n) is 1.26. The van der Waals surface area contributed by atoms with Gasteiger partial charge in [0.15, 0.2) is 0 Å². The molecule has 1 heterocycles. The van der Waals surface area contributed by atoms with E-state index in [0.29, 0.717) is 0 Å². The molecule has 0 aliphatic carbocycles. The van der Waals surface area contributed by atoms with Crippen molar-refractivity contribution in [2.45, 2.75) is 12.8 Å². The zero-order valence-electron chi connectivity index (χ0n) is 7.56. The van der Waals surface area contributed by atoms with Crippen molar-refractivity contribution in [2.75, 3.05) is 32.7 Å². The van der Waals surface area contributed by atoms with Crippen LogP contribution in [0.1, 0.15) is 6.92 Å². The molecule has 1 aliphatic heterocycles. The van der Waals surface area contributed by atoms with E-state index >= 15 is 0 Å². The summed E-state index contributed by atoms with van der Waals surface area (Å²) in [5.41, 5.74) is 0. The fraction of sp³-hybridized carbons (Fsp3) is 1.00. The van der Waals surface area contributed by atoms with Gasteiger partial charge in [-0.05, 0) is 0 Å². The third-order valence-corrected chi connectivity index (χ3v) is 1.71. The predicted molar refractivity (Wildman–Crippen MR) is 54.4 cm³/mol. The van der Waals surface area contributed by atoms with Crippen molar-refractivity contribution in [3.63, 3.8) is 0 Å². The van der Waals surface area contributed by atoms with Crippen LogP contribution in [0.25, 0.3) is 0 Å². The van der Waals surface area contributed by atoms with Gasteiger partial charge in [0, 0.05) is 33.1 Å². The summed E-state index contributed by atoms with van der Waals surface area (Å²) in [6, 6.07) is 0. The molecule has 0 unspecified atom stereocenters. The highest BCUT2D eigenvalue weighted by Gasteiger charge is 2.25. The van der Waals surface area contributed by atoms with Gasteiger partial charge in [-0.2, -0.15) is 0 Å². The molecule has 6 heteroatoms. The molecule has 0 radical (unpaired) electrons. The van der Waals surface area contributed by atoms with E-state index in [1.807, 2.05) is 0 Å². The van der Waals surface area contributed by atoms with Crippen molar-refractivity contribution in [1.29, 1.82) is 0 Å². The van der Waals surface area contributed by atoms with Crippen LogP contribution in [0.2, 0.25) is 0 Å². The van der Waals surface area contributed by atoms with E-state index in [-0.39, 0.29) is 31.4 Å². The third-order valence-electron chi connectivity index (χ3n) is 1.71. The standard InChI is InChI=1S/C7H14F2N2.2ClH/c1-7(8,9)6-11-4-2-10-3-5-11;;/h10H,2-6H2,1H3;2*1H. The summed E-state index contributed by atoms with van der Waals surface area (Å²) >= 11 is 0. The fourth-order valence-corrected chi connectivity index (χ4v) is 1.26. The minimum Gasteiger partial charge on any atom is -0.314 e. The van der Waals surface area contributed by atoms with Gasteiger partial charge in [-0.3, -0.25) is 4.90 Å². The molecule has 0 aromatic heterocycles. The lowest BCUT2D eigenvalue weighted by atomic mass is 10.3. The van der Waals surface area contributed by atoms with Crippen LogP contribution >= 0.6 is 24.8 Å². The van der Waals surface area contributed by atoms with Crippen molar-refractivity contribution in [3.05, 3.63) is 0 Å². The smallest absolute Gasteiger partial charge is 0.257 e. The van der Waals surface area contributed by atoms with Crippen molar-refractivity contribution in [2.24, 2.45) is 0 Å². The van der Waals surface area contributed by atoms with Crippen LogP contribution in [-0.4, -0.2) is 43.5 Å². The van der Waals surface area contributed by atoms with Gasteiger partial charge >= 0.3 is 0 Å². The van der Waals surface area contributed by atoms with E-state index in [1.54, 1.807) is 4.90 Å². The molecular formula is C7H16Cl2F2N2. The first-order valence-corrected chi connectivity index (χ1v) is 3.89. The maximum Gasteiger partial charge on any atom is 0.257 e. The first-order chi connectivity index (χ1) is 5.08. The van der Waals surface area contributed by atoms with Crippen LogP contribution < -0.4 is 5.32 Å². The number of hydrogen-bond donors (Lipinski definition) is 1. The molecule has 1 rings (SSSR count). The minimum absolute atomic E-state index is 0. The third kappa shape index (κ3) is 7.43. The highest BCUT2D eigenvalue weighted by molar-refractivity contribution is 5.85. The molecule has 82 valence electrons. The number of piperazine rings is 1. The van der Waals surface area contributed by atoms with Gasteiger partial charge in [0.2, 0.25) is 0 Å². The molecule has 0 atom stereocenters. The van der Waals surface area contributed by atoms with Crippen LogP contribution in [0.5, 0.6) is 0 Å². The van der Waals surface area contributed by atoms with Gasteiger partial charge in [-0.15, -0.1) is 24.8 Å². The Bertz CT molecular complexity index is 124. The summed E-state index contributed by atoms with van der Waals surface area (Å²) < 4.78 is 24.9. The molecule has 2 nitrogen and oxygen atoms in total. The Kier molecular flexibility index (Phi) is 8.23. The lowest BCUT2D eigenvalue weighted by Crippen LogP contribution is -2.47. The highest BCUT2D eigenvalue weighted by Crippen LogP contribution is 2.13. The van der Waals surface area contributed by atoms with Crippen molar-refractivity contribution < 1.29 is 8.78 Å². The maximum absolute atomic E-state index is 12.4. The number of halogens is 4. The quantitative estimate of drug-likeness (QED) is 0.780. The Balaban J connectivity index is 0. The summed E-state index contributed by atoms with van der Waals surface area (Å²) in [5, 5.41) is 3.11. The SMILES string of the molecule is CC(F)(F)CN1CCNCC1.Cl.Cl. The number of alkyl halides is 2. The molecule has 0 spiro atoms. The van der Waals surface area contributed by atoms with Gasteiger partial charge in [0.05, 0.1) is 6.54 Å². The normalized spacial score (nSPS) is 18.7. The monoisotopic (exact) mass is 236 g/mol. The summed E-state index contributed by atoms with van der Waals surface area (Å²) in [6.45, 7) is 4.00. The van der Waals surface area contributed by atoms with Crippen LogP contribution in [-0.2, 0) is 0 Å². The Morgan fingerprint density at radius 3 is 2.08 bits per heavy atom. The average Bonchev–Trinajstić information content (AvgIpc) is 1.85. The lowest BCUT2D eigenvalue weighted by molar-refractivity contribution is -0.0169. The van der Waals surface area contributed by atoms with Crippen molar-refractivity contribution in [3.8, 4) is 0 Å². The first kappa shape index (κ1) is 15.8. The second-order valence-corrected chi connectivity index (χ2v) is 3.10. The number of hydrogen-bond acceptors (Lipinski definition) is 2. The molecule has 0 bridgehead atoms. The van der Waals surface area contributed by atoms with Gasteiger partial charge in [0.25, 0.3) is 5.92 Å². The topological polar surface area (TPSA) is 15.3 Å². The summed E-state index contributed by atoms with van der Waals surface area (Å²) in [5.74, 6) is -2.54. The molecule has 1 saturated heterocycles. The van der Waals surface area contributed by atoms with E-state index in [4.69, 9.17) is 0 Å². The number of rotatable bonds is 2.